The number of benzene rings is 1. The van der Waals surface area contributed by atoms with Gasteiger partial charge in [-0.05, 0) is 24.8 Å². The van der Waals surface area contributed by atoms with Crippen molar-refractivity contribution in [3.63, 3.8) is 0 Å². The second kappa shape index (κ2) is 9.45. The molecule has 0 bridgehead atoms. The molecule has 23 heavy (non-hydrogen) atoms. The van der Waals surface area contributed by atoms with Crippen molar-refractivity contribution >= 4 is 24.6 Å². The van der Waals surface area contributed by atoms with Crippen molar-refractivity contribution in [2.75, 3.05) is 12.3 Å². The number of amides is 2. The lowest BCUT2D eigenvalue weighted by atomic mass is 10.0. The highest BCUT2D eigenvalue weighted by Gasteiger charge is 2.30. The van der Waals surface area contributed by atoms with E-state index in [9.17, 15) is 14.7 Å². The zero-order chi connectivity index (χ0) is 17.4. The summed E-state index contributed by atoms with van der Waals surface area (Å²) in [6, 6.07) is 8.17. The van der Waals surface area contributed by atoms with Crippen LogP contribution in [0.15, 0.2) is 30.3 Å². The molecule has 2 atom stereocenters. The van der Waals surface area contributed by atoms with Crippen molar-refractivity contribution < 1.29 is 14.7 Å². The van der Waals surface area contributed by atoms with Crippen molar-refractivity contribution in [1.29, 1.82) is 0 Å². The second-order valence-corrected chi connectivity index (χ2v) is 6.43. The van der Waals surface area contributed by atoms with E-state index in [1.54, 1.807) is 0 Å². The maximum Gasteiger partial charge on any atom is 0.326 e. The average molecular weight is 338 g/mol. The lowest BCUT2D eigenvalue weighted by Gasteiger charge is -2.31. The minimum absolute atomic E-state index is 0.179. The molecule has 0 aromatic heterocycles. The number of nitrogens with one attached hydrogen (secondary N) is 1. The highest BCUT2D eigenvalue weighted by Crippen LogP contribution is 2.16. The van der Waals surface area contributed by atoms with Gasteiger partial charge in [-0.2, -0.15) is 12.6 Å². The Bertz CT molecular complexity index is 508. The van der Waals surface area contributed by atoms with Gasteiger partial charge in [0, 0.05) is 12.3 Å². The summed E-state index contributed by atoms with van der Waals surface area (Å²) >= 11 is 4.15. The van der Waals surface area contributed by atoms with Crippen molar-refractivity contribution in [3.8, 4) is 0 Å². The summed E-state index contributed by atoms with van der Waals surface area (Å²) in [6.45, 7) is 6.06. The van der Waals surface area contributed by atoms with Gasteiger partial charge in [0.2, 0.25) is 0 Å². The Morgan fingerprint density at radius 2 is 1.83 bits per heavy atom. The van der Waals surface area contributed by atoms with Crippen LogP contribution in [0.2, 0.25) is 0 Å². The van der Waals surface area contributed by atoms with Gasteiger partial charge in [-0.3, -0.25) is 0 Å². The molecular formula is C17H26N2O3S. The van der Waals surface area contributed by atoms with E-state index in [0.717, 1.165) is 5.56 Å². The fraction of sp³-hybridized carbons (Fsp3) is 0.529. The topological polar surface area (TPSA) is 69.6 Å². The van der Waals surface area contributed by atoms with Crippen LogP contribution in [0, 0.1) is 5.92 Å². The molecule has 1 aromatic rings. The zero-order valence-corrected chi connectivity index (χ0v) is 14.8. The SMILES string of the molecule is CC(C)CC(C(=O)O)N(CCS)C(=O)N[C@@H](C)c1ccccc1. The maximum absolute atomic E-state index is 12.6. The van der Waals surface area contributed by atoms with E-state index in [0.29, 0.717) is 18.7 Å². The molecule has 0 saturated heterocycles. The predicted octanol–water partition coefficient (Wildman–Crippen LogP) is 3.19. The molecule has 0 spiro atoms. The van der Waals surface area contributed by atoms with Crippen molar-refractivity contribution in [2.24, 2.45) is 5.92 Å². The van der Waals surface area contributed by atoms with Crippen LogP contribution < -0.4 is 5.32 Å². The lowest BCUT2D eigenvalue weighted by molar-refractivity contribution is -0.142. The minimum Gasteiger partial charge on any atom is -0.480 e. The molecule has 0 heterocycles. The molecule has 0 aliphatic rings. The first kappa shape index (κ1) is 19.4. The van der Waals surface area contributed by atoms with Gasteiger partial charge < -0.3 is 15.3 Å². The highest BCUT2D eigenvalue weighted by atomic mass is 32.1. The third-order valence-electron chi connectivity index (χ3n) is 3.60. The smallest absolute Gasteiger partial charge is 0.326 e. The number of thiol groups is 1. The fourth-order valence-corrected chi connectivity index (χ4v) is 2.62. The summed E-state index contributed by atoms with van der Waals surface area (Å²) in [5, 5.41) is 12.4. The number of hydrogen-bond donors (Lipinski definition) is 3. The highest BCUT2D eigenvalue weighted by molar-refractivity contribution is 7.80. The molecule has 0 aliphatic carbocycles. The van der Waals surface area contributed by atoms with Crippen LogP contribution >= 0.6 is 12.6 Å². The normalized spacial score (nSPS) is 13.4. The van der Waals surface area contributed by atoms with E-state index in [1.165, 1.54) is 4.90 Å². The summed E-state index contributed by atoms with van der Waals surface area (Å²) in [5.74, 6) is -0.393. The van der Waals surface area contributed by atoms with E-state index in [-0.39, 0.29) is 18.0 Å². The van der Waals surface area contributed by atoms with Gasteiger partial charge in [-0.1, -0.05) is 44.2 Å². The van der Waals surface area contributed by atoms with Gasteiger partial charge in [0.25, 0.3) is 0 Å². The summed E-state index contributed by atoms with van der Waals surface area (Å²) in [5.41, 5.74) is 0.974. The van der Waals surface area contributed by atoms with E-state index >= 15 is 0 Å². The van der Waals surface area contributed by atoms with Gasteiger partial charge in [-0.15, -0.1) is 0 Å². The van der Waals surface area contributed by atoms with Crippen LogP contribution in [0.1, 0.15) is 38.8 Å². The number of hydrogen-bond acceptors (Lipinski definition) is 3. The number of carboxylic acids is 1. The predicted molar refractivity (Wildman–Crippen MR) is 94.8 cm³/mol. The Balaban J connectivity index is 2.86. The van der Waals surface area contributed by atoms with Gasteiger partial charge in [0.1, 0.15) is 6.04 Å². The van der Waals surface area contributed by atoms with Crippen LogP contribution in [0.4, 0.5) is 4.79 Å². The number of aliphatic carboxylic acids is 1. The third-order valence-corrected chi connectivity index (χ3v) is 3.80. The quantitative estimate of drug-likeness (QED) is 0.638. The molecular weight excluding hydrogens is 312 g/mol. The summed E-state index contributed by atoms with van der Waals surface area (Å²) in [4.78, 5) is 25.5. The monoisotopic (exact) mass is 338 g/mol. The van der Waals surface area contributed by atoms with Gasteiger partial charge >= 0.3 is 12.0 Å². The average Bonchev–Trinajstić information content (AvgIpc) is 2.51. The summed E-state index contributed by atoms with van der Waals surface area (Å²) < 4.78 is 0. The fourth-order valence-electron chi connectivity index (χ4n) is 2.41. The molecule has 0 fully saturated rings. The van der Waals surface area contributed by atoms with Crippen molar-refractivity contribution in [3.05, 3.63) is 35.9 Å². The third kappa shape index (κ3) is 6.14. The van der Waals surface area contributed by atoms with Crippen LogP contribution in [0.25, 0.3) is 0 Å². The van der Waals surface area contributed by atoms with Crippen LogP contribution in [0.5, 0.6) is 0 Å². The van der Waals surface area contributed by atoms with Gasteiger partial charge in [0.15, 0.2) is 0 Å². The van der Waals surface area contributed by atoms with E-state index in [4.69, 9.17) is 0 Å². The zero-order valence-electron chi connectivity index (χ0n) is 13.9. The first-order chi connectivity index (χ1) is 10.9. The summed E-state index contributed by atoms with van der Waals surface area (Å²) in [7, 11) is 0. The minimum atomic E-state index is -0.983. The molecule has 6 heteroatoms. The Morgan fingerprint density at radius 3 is 2.30 bits per heavy atom. The first-order valence-electron chi connectivity index (χ1n) is 7.82. The Hall–Kier alpha value is -1.69. The van der Waals surface area contributed by atoms with Crippen LogP contribution in [-0.2, 0) is 4.79 Å². The second-order valence-electron chi connectivity index (χ2n) is 5.98. The van der Waals surface area contributed by atoms with Crippen molar-refractivity contribution in [2.45, 2.75) is 39.3 Å². The molecule has 0 saturated carbocycles. The molecule has 2 amide bonds. The molecule has 1 aromatic carbocycles. The number of nitrogens with zero attached hydrogens (tertiary/aromatic N) is 1. The molecule has 2 N–H and O–H groups in total. The van der Waals surface area contributed by atoms with Gasteiger partial charge in [0.05, 0.1) is 6.04 Å². The Kier molecular flexibility index (Phi) is 7.95. The summed E-state index contributed by atoms with van der Waals surface area (Å²) in [6.07, 6.45) is 0.413. The number of carbonyl (C=O) groups excluding carboxylic acids is 1. The van der Waals surface area contributed by atoms with E-state index in [1.807, 2.05) is 51.1 Å². The molecule has 0 aliphatic heterocycles. The molecule has 128 valence electrons. The van der Waals surface area contributed by atoms with Crippen molar-refractivity contribution in [1.82, 2.24) is 10.2 Å². The molecule has 1 unspecified atom stereocenters. The van der Waals surface area contributed by atoms with Gasteiger partial charge in [-0.25, -0.2) is 9.59 Å². The molecule has 0 radical (unpaired) electrons. The van der Waals surface area contributed by atoms with Crippen LogP contribution in [0.3, 0.4) is 0 Å². The largest absolute Gasteiger partial charge is 0.480 e. The first-order valence-corrected chi connectivity index (χ1v) is 8.45. The van der Waals surface area contributed by atoms with E-state index < -0.39 is 12.0 Å². The molecule has 5 nitrogen and oxygen atoms in total. The Labute approximate surface area is 143 Å². The number of carbonyl (C=O) groups is 2. The number of rotatable bonds is 8. The van der Waals surface area contributed by atoms with Crippen LogP contribution in [-0.4, -0.2) is 40.3 Å². The van der Waals surface area contributed by atoms with E-state index in [2.05, 4.69) is 17.9 Å². The molecule has 1 rings (SSSR count). The maximum atomic E-state index is 12.6. The number of urea groups is 1. The standard InChI is InChI=1S/C17H26N2O3S/c1-12(2)11-15(16(20)21)19(9-10-23)17(22)18-13(3)14-7-5-4-6-8-14/h4-8,12-13,15,23H,9-11H2,1-3H3,(H,18,22)(H,20,21)/t13-,15?/m0/s1. The Morgan fingerprint density at radius 1 is 1.22 bits per heavy atom. The lowest BCUT2D eigenvalue weighted by Crippen LogP contribution is -2.51. The number of carboxylic acid groups (broad SMARTS) is 1.